The normalized spacial score (nSPS) is 32.0. The van der Waals surface area contributed by atoms with Gasteiger partial charge in [0.2, 0.25) is 0 Å². The summed E-state index contributed by atoms with van der Waals surface area (Å²) in [6, 6.07) is 7.08. The van der Waals surface area contributed by atoms with Gasteiger partial charge in [0, 0.05) is 0 Å². The highest BCUT2D eigenvalue weighted by molar-refractivity contribution is 5.29. The van der Waals surface area contributed by atoms with Crippen LogP contribution in [0.5, 0.6) is 0 Å². The third-order valence-electron chi connectivity index (χ3n) is 13.3. The molecule has 0 radical (unpaired) electrons. The molecule has 4 aliphatic carbocycles. The van der Waals surface area contributed by atoms with Gasteiger partial charge in [-0.3, -0.25) is 0 Å². The third kappa shape index (κ3) is 8.41. The third-order valence-corrected chi connectivity index (χ3v) is 13.3. The minimum atomic E-state index is -0.650. The molecule has 0 aromatic heterocycles. The van der Waals surface area contributed by atoms with E-state index in [-0.39, 0.29) is 11.8 Å². The van der Waals surface area contributed by atoms with Gasteiger partial charge in [0.05, 0.1) is 0 Å². The van der Waals surface area contributed by atoms with E-state index in [2.05, 4.69) is 13.8 Å². The maximum absolute atomic E-state index is 14.2. The van der Waals surface area contributed by atoms with Crippen molar-refractivity contribution in [1.29, 1.82) is 0 Å². The summed E-state index contributed by atoms with van der Waals surface area (Å²) in [7, 11) is 0. The van der Waals surface area contributed by atoms with Gasteiger partial charge in [-0.05, 0) is 160 Å². The SMILES string of the molecule is CCC1CCC(C2CCC(c3ccc(C)c(F)c3F)CC2)CC1.CCC1CCC(C2CCC(c3ccc(C)c(F)c3F)CC2)CC1. The topological polar surface area (TPSA) is 0 Å². The summed E-state index contributed by atoms with van der Waals surface area (Å²) in [5.74, 6) is 3.25. The minimum Gasteiger partial charge on any atom is -0.203 e. The van der Waals surface area contributed by atoms with E-state index in [0.717, 1.165) is 61.2 Å². The molecule has 4 aliphatic rings. The molecule has 0 unspecified atom stereocenters. The second-order valence-electron chi connectivity index (χ2n) is 15.8. The Kier molecular flexibility index (Phi) is 12.7. The van der Waals surface area contributed by atoms with Crippen molar-refractivity contribution in [2.24, 2.45) is 35.5 Å². The van der Waals surface area contributed by atoms with Gasteiger partial charge in [0.15, 0.2) is 23.3 Å². The number of benzene rings is 2. The summed E-state index contributed by atoms with van der Waals surface area (Å²) in [4.78, 5) is 0. The summed E-state index contributed by atoms with van der Waals surface area (Å²) in [5, 5.41) is 0. The van der Waals surface area contributed by atoms with Crippen LogP contribution in [0, 0.1) is 72.6 Å². The van der Waals surface area contributed by atoms with Crippen molar-refractivity contribution in [1.82, 2.24) is 0 Å². The Hall–Kier alpha value is -1.84. The lowest BCUT2D eigenvalue weighted by atomic mass is 9.68. The van der Waals surface area contributed by atoms with Gasteiger partial charge < -0.3 is 0 Å². The molecule has 0 amide bonds. The first-order chi connectivity index (χ1) is 22.2. The van der Waals surface area contributed by atoms with Crippen molar-refractivity contribution in [3.05, 3.63) is 69.8 Å². The Bertz CT molecular complexity index is 1140. The second-order valence-corrected chi connectivity index (χ2v) is 15.8. The zero-order valence-corrected chi connectivity index (χ0v) is 29.2. The number of aryl methyl sites for hydroxylation is 2. The van der Waals surface area contributed by atoms with Crippen molar-refractivity contribution in [2.45, 2.75) is 155 Å². The summed E-state index contributed by atoms with van der Waals surface area (Å²) in [6.07, 6.45) is 22.7. The Labute approximate surface area is 277 Å². The average Bonchev–Trinajstić information content (AvgIpc) is 3.10. The Morgan fingerprint density at radius 3 is 0.978 bits per heavy atom. The molecule has 2 aromatic rings. The molecule has 46 heavy (non-hydrogen) atoms. The van der Waals surface area contributed by atoms with Crippen LogP contribution in [0.1, 0.15) is 164 Å². The van der Waals surface area contributed by atoms with Crippen molar-refractivity contribution < 1.29 is 17.6 Å². The first-order valence-electron chi connectivity index (χ1n) is 19.1. The van der Waals surface area contributed by atoms with Crippen molar-refractivity contribution in [3.8, 4) is 0 Å². The Morgan fingerprint density at radius 2 is 0.696 bits per heavy atom. The zero-order chi connectivity index (χ0) is 32.8. The molecule has 0 nitrogen and oxygen atoms in total. The Balaban J connectivity index is 0.000000181. The van der Waals surface area contributed by atoms with Gasteiger partial charge in [-0.15, -0.1) is 0 Å². The van der Waals surface area contributed by atoms with Gasteiger partial charge in [-0.2, -0.15) is 0 Å². The summed E-state index contributed by atoms with van der Waals surface area (Å²) in [5.41, 5.74) is 2.04. The van der Waals surface area contributed by atoms with Crippen LogP contribution in [-0.4, -0.2) is 0 Å². The highest BCUT2D eigenvalue weighted by Crippen LogP contribution is 2.46. The van der Waals surface area contributed by atoms with Crippen LogP contribution in [0.4, 0.5) is 17.6 Å². The van der Waals surface area contributed by atoms with Crippen LogP contribution in [0.15, 0.2) is 24.3 Å². The molecule has 0 spiro atoms. The molecule has 0 saturated heterocycles. The first-order valence-corrected chi connectivity index (χ1v) is 19.1. The van der Waals surface area contributed by atoms with E-state index in [1.165, 1.54) is 89.9 Å². The molecule has 0 heterocycles. The molecule has 0 bridgehead atoms. The van der Waals surface area contributed by atoms with Crippen LogP contribution < -0.4 is 0 Å². The van der Waals surface area contributed by atoms with Crippen LogP contribution >= 0.6 is 0 Å². The standard InChI is InChI=1S/2C21H30F2/c2*1-3-15-5-7-16(8-6-15)17-9-11-18(12-10-17)19-13-4-14(2)20(22)21(19)23/h2*4,13,15-18H,3,5-12H2,1-2H3. The number of rotatable bonds is 6. The van der Waals surface area contributed by atoms with Crippen LogP contribution in [-0.2, 0) is 0 Å². The van der Waals surface area contributed by atoms with Crippen LogP contribution in [0.25, 0.3) is 0 Å². The fourth-order valence-electron chi connectivity index (χ4n) is 9.89. The zero-order valence-electron chi connectivity index (χ0n) is 29.2. The van der Waals surface area contributed by atoms with E-state index in [1.807, 2.05) is 12.1 Å². The van der Waals surface area contributed by atoms with Crippen molar-refractivity contribution >= 4 is 0 Å². The quantitative estimate of drug-likeness (QED) is 0.276. The van der Waals surface area contributed by atoms with Gasteiger partial charge in [-0.25, -0.2) is 17.6 Å². The van der Waals surface area contributed by atoms with Crippen molar-refractivity contribution in [3.63, 3.8) is 0 Å². The van der Waals surface area contributed by atoms with Gasteiger partial charge in [0.1, 0.15) is 0 Å². The maximum atomic E-state index is 14.2. The molecule has 4 saturated carbocycles. The smallest absolute Gasteiger partial charge is 0.162 e. The molecule has 256 valence electrons. The largest absolute Gasteiger partial charge is 0.203 e. The predicted molar refractivity (Wildman–Crippen MR) is 183 cm³/mol. The lowest BCUT2D eigenvalue weighted by molar-refractivity contribution is 0.158. The summed E-state index contributed by atoms with van der Waals surface area (Å²) >= 11 is 0. The number of hydrogen-bond donors (Lipinski definition) is 0. The minimum absolute atomic E-state index is 0.216. The molecular formula is C42H60F4. The number of hydrogen-bond acceptors (Lipinski definition) is 0. The second kappa shape index (κ2) is 16.5. The van der Waals surface area contributed by atoms with Gasteiger partial charge in [0.25, 0.3) is 0 Å². The van der Waals surface area contributed by atoms with E-state index in [0.29, 0.717) is 22.3 Å². The highest BCUT2D eigenvalue weighted by atomic mass is 19.2. The maximum Gasteiger partial charge on any atom is 0.162 e. The molecule has 0 N–H and O–H groups in total. The molecule has 0 atom stereocenters. The first kappa shape index (κ1) is 35.5. The van der Waals surface area contributed by atoms with E-state index in [9.17, 15) is 17.6 Å². The molecule has 0 aliphatic heterocycles. The fourth-order valence-corrected chi connectivity index (χ4v) is 9.89. The molecular weight excluding hydrogens is 580 g/mol. The molecule has 2 aromatic carbocycles. The number of halogens is 4. The van der Waals surface area contributed by atoms with Gasteiger partial charge >= 0.3 is 0 Å². The molecule has 4 fully saturated rings. The fraction of sp³-hybridized carbons (Fsp3) is 0.714. The molecule has 4 heteroatoms. The van der Waals surface area contributed by atoms with Crippen LogP contribution in [0.2, 0.25) is 0 Å². The van der Waals surface area contributed by atoms with E-state index in [1.54, 1.807) is 26.0 Å². The lowest BCUT2D eigenvalue weighted by Gasteiger charge is -2.38. The van der Waals surface area contributed by atoms with Gasteiger partial charge in [-0.1, -0.05) is 76.6 Å². The van der Waals surface area contributed by atoms with Crippen molar-refractivity contribution in [2.75, 3.05) is 0 Å². The monoisotopic (exact) mass is 640 g/mol. The highest BCUT2D eigenvalue weighted by Gasteiger charge is 2.33. The summed E-state index contributed by atoms with van der Waals surface area (Å²) < 4.78 is 56.0. The predicted octanol–water partition coefficient (Wildman–Crippen LogP) is 13.5. The average molecular weight is 641 g/mol. The van der Waals surface area contributed by atoms with Crippen LogP contribution in [0.3, 0.4) is 0 Å². The Morgan fingerprint density at radius 1 is 0.413 bits per heavy atom. The van der Waals surface area contributed by atoms with E-state index >= 15 is 0 Å². The van der Waals surface area contributed by atoms with E-state index in [4.69, 9.17) is 0 Å². The lowest BCUT2D eigenvalue weighted by Crippen LogP contribution is -2.25. The molecule has 6 rings (SSSR count). The van der Waals surface area contributed by atoms with E-state index < -0.39 is 23.3 Å². The summed E-state index contributed by atoms with van der Waals surface area (Å²) in [6.45, 7) is 7.88.